The number of nitrogens with two attached hydrogens (primary N) is 1. The third-order valence-corrected chi connectivity index (χ3v) is 6.52. The molecule has 37 heavy (non-hydrogen) atoms. The Morgan fingerprint density at radius 3 is 2.70 bits per heavy atom. The van der Waals surface area contributed by atoms with E-state index in [2.05, 4.69) is 44.2 Å². The Kier molecular flexibility index (Phi) is 8.35. The van der Waals surface area contributed by atoms with Crippen LogP contribution in [0.1, 0.15) is 49.9 Å². The van der Waals surface area contributed by atoms with E-state index in [0.717, 1.165) is 12.8 Å². The van der Waals surface area contributed by atoms with Gasteiger partial charge in [-0.3, -0.25) is 9.36 Å². The Bertz CT molecular complexity index is 1280. The van der Waals surface area contributed by atoms with Gasteiger partial charge in [0, 0.05) is 6.54 Å². The van der Waals surface area contributed by atoms with Crippen molar-refractivity contribution >= 4 is 22.9 Å². The standard InChI is InChI=1S/C26H32N6O5/c1-2-28-25(35)22(19(34)14-33)37-16-32-15-29-21-23(27)30-20(31-24(21)32)10-13-26(36)11-8-18(9-12-26)17-6-4-3-5-7-17/h3-7,15,18-19,22,33-34,36H,2,8-9,11-12,14,16H2,1H3,(H,28,35)(H2,27,30,31)/t18?,19?,22-,26?/m0/s1. The average Bonchev–Trinajstić information content (AvgIpc) is 3.32. The third-order valence-electron chi connectivity index (χ3n) is 6.52. The van der Waals surface area contributed by atoms with Crippen LogP contribution in [-0.2, 0) is 16.3 Å². The fraction of sp³-hybridized carbons (Fsp3) is 0.462. The lowest BCUT2D eigenvalue weighted by Crippen LogP contribution is -2.45. The molecule has 0 aliphatic heterocycles. The lowest BCUT2D eigenvalue weighted by atomic mass is 9.76. The summed E-state index contributed by atoms with van der Waals surface area (Å²) in [4.78, 5) is 25.1. The molecule has 1 aliphatic carbocycles. The van der Waals surface area contributed by atoms with Gasteiger partial charge in [-0.2, -0.15) is 0 Å². The first-order valence-electron chi connectivity index (χ1n) is 12.3. The number of nitrogen functional groups attached to an aromatic ring is 1. The summed E-state index contributed by atoms with van der Waals surface area (Å²) in [6.07, 6.45) is 1.46. The number of nitrogens with one attached hydrogen (secondary N) is 1. The van der Waals surface area contributed by atoms with Crippen molar-refractivity contribution in [2.75, 3.05) is 18.9 Å². The van der Waals surface area contributed by atoms with Gasteiger partial charge in [0.2, 0.25) is 5.82 Å². The number of anilines is 1. The van der Waals surface area contributed by atoms with Crippen LogP contribution in [0.15, 0.2) is 36.7 Å². The number of imidazole rings is 1. The summed E-state index contributed by atoms with van der Waals surface area (Å²) in [5.74, 6) is 5.89. The van der Waals surface area contributed by atoms with Crippen LogP contribution in [0.2, 0.25) is 0 Å². The molecule has 2 heterocycles. The second-order valence-electron chi connectivity index (χ2n) is 9.15. The summed E-state index contributed by atoms with van der Waals surface area (Å²) >= 11 is 0. The molecule has 4 rings (SSSR count). The maximum atomic E-state index is 12.2. The number of aromatic nitrogens is 4. The number of aliphatic hydroxyl groups is 3. The van der Waals surface area contributed by atoms with Gasteiger partial charge in [0.25, 0.3) is 5.91 Å². The van der Waals surface area contributed by atoms with Gasteiger partial charge in [0.15, 0.2) is 17.6 Å². The molecule has 196 valence electrons. The Morgan fingerprint density at radius 2 is 2.03 bits per heavy atom. The number of rotatable bonds is 8. The number of carbonyl (C=O) groups excluding carboxylic acids is 1. The van der Waals surface area contributed by atoms with Gasteiger partial charge in [-0.1, -0.05) is 36.3 Å². The van der Waals surface area contributed by atoms with Crippen molar-refractivity contribution in [2.24, 2.45) is 0 Å². The molecule has 1 aromatic carbocycles. The van der Waals surface area contributed by atoms with Crippen molar-refractivity contribution in [3.63, 3.8) is 0 Å². The molecule has 0 saturated heterocycles. The van der Waals surface area contributed by atoms with Gasteiger partial charge >= 0.3 is 0 Å². The number of fused-ring (bicyclic) bond motifs is 1. The molecule has 1 aliphatic rings. The Balaban J connectivity index is 1.49. The minimum Gasteiger partial charge on any atom is -0.394 e. The molecule has 1 fully saturated rings. The molecule has 11 heteroatoms. The summed E-state index contributed by atoms with van der Waals surface area (Å²) < 4.78 is 7.08. The second kappa shape index (κ2) is 11.7. The predicted molar refractivity (Wildman–Crippen MR) is 136 cm³/mol. The zero-order chi connectivity index (χ0) is 26.4. The van der Waals surface area contributed by atoms with Crippen LogP contribution in [0.5, 0.6) is 0 Å². The first kappa shape index (κ1) is 26.5. The van der Waals surface area contributed by atoms with E-state index in [1.807, 2.05) is 18.2 Å². The number of aliphatic hydroxyl groups excluding tert-OH is 2. The molecule has 1 amide bonds. The van der Waals surface area contributed by atoms with Crippen molar-refractivity contribution in [2.45, 2.75) is 63.1 Å². The first-order valence-corrected chi connectivity index (χ1v) is 12.3. The summed E-state index contributed by atoms with van der Waals surface area (Å²) in [6, 6.07) is 10.3. The maximum Gasteiger partial charge on any atom is 0.252 e. The highest BCUT2D eigenvalue weighted by molar-refractivity contribution is 5.82. The van der Waals surface area contributed by atoms with Gasteiger partial charge < -0.3 is 31.1 Å². The fourth-order valence-electron chi connectivity index (χ4n) is 4.46. The van der Waals surface area contributed by atoms with E-state index in [0.29, 0.717) is 36.5 Å². The normalized spacial score (nSPS) is 21.1. The monoisotopic (exact) mass is 508 g/mol. The SMILES string of the molecule is CCNC(=O)[C@@H](OCn1cnc2c(N)nc(C#CC3(O)CCC(c4ccccc4)CC3)nc21)C(O)CO. The van der Waals surface area contributed by atoms with E-state index in [9.17, 15) is 20.1 Å². The van der Waals surface area contributed by atoms with Gasteiger partial charge in [-0.25, -0.2) is 15.0 Å². The number of likely N-dealkylation sites (N-methyl/N-ethyl adjacent to an activating group) is 1. The van der Waals surface area contributed by atoms with Crippen LogP contribution < -0.4 is 11.1 Å². The second-order valence-corrected chi connectivity index (χ2v) is 9.15. The van der Waals surface area contributed by atoms with Crippen LogP contribution in [0, 0.1) is 11.8 Å². The molecular formula is C26H32N6O5. The number of hydrogen-bond acceptors (Lipinski definition) is 9. The van der Waals surface area contributed by atoms with Crippen molar-refractivity contribution in [3.8, 4) is 11.8 Å². The van der Waals surface area contributed by atoms with Crippen LogP contribution in [0.25, 0.3) is 11.2 Å². The highest BCUT2D eigenvalue weighted by atomic mass is 16.5. The molecule has 6 N–H and O–H groups in total. The van der Waals surface area contributed by atoms with E-state index in [4.69, 9.17) is 10.5 Å². The molecule has 1 unspecified atom stereocenters. The molecule has 3 aromatic rings. The van der Waals surface area contributed by atoms with E-state index in [-0.39, 0.29) is 18.4 Å². The van der Waals surface area contributed by atoms with Crippen molar-refractivity contribution in [3.05, 3.63) is 48.0 Å². The minimum atomic E-state index is -1.40. The zero-order valence-corrected chi connectivity index (χ0v) is 20.7. The molecule has 2 aromatic heterocycles. The molecule has 2 atom stereocenters. The molecule has 0 radical (unpaired) electrons. The summed E-state index contributed by atoms with van der Waals surface area (Å²) in [6.45, 7) is 1.24. The third kappa shape index (κ3) is 6.23. The van der Waals surface area contributed by atoms with Gasteiger partial charge in [0.1, 0.15) is 24.0 Å². The maximum absolute atomic E-state index is 12.2. The van der Waals surface area contributed by atoms with E-state index in [1.165, 1.54) is 16.5 Å². The van der Waals surface area contributed by atoms with Crippen LogP contribution in [0.3, 0.4) is 0 Å². The van der Waals surface area contributed by atoms with E-state index >= 15 is 0 Å². The van der Waals surface area contributed by atoms with Crippen molar-refractivity contribution in [1.82, 2.24) is 24.8 Å². The van der Waals surface area contributed by atoms with Crippen LogP contribution in [0.4, 0.5) is 5.82 Å². The van der Waals surface area contributed by atoms with Gasteiger partial charge in [0.05, 0.1) is 12.9 Å². The van der Waals surface area contributed by atoms with E-state index < -0.39 is 30.3 Å². The minimum absolute atomic E-state index is 0.114. The zero-order valence-electron chi connectivity index (χ0n) is 20.7. The summed E-state index contributed by atoms with van der Waals surface area (Å²) in [5.41, 5.74) is 6.86. The average molecular weight is 509 g/mol. The Hall–Kier alpha value is -3.56. The number of ether oxygens (including phenoxy) is 1. The van der Waals surface area contributed by atoms with Crippen LogP contribution in [-0.4, -0.2) is 71.7 Å². The largest absolute Gasteiger partial charge is 0.394 e. The van der Waals surface area contributed by atoms with Gasteiger partial charge in [-0.05, 0) is 50.0 Å². The van der Waals surface area contributed by atoms with Gasteiger partial charge in [-0.15, -0.1) is 0 Å². The van der Waals surface area contributed by atoms with E-state index in [1.54, 1.807) is 6.92 Å². The lowest BCUT2D eigenvalue weighted by Gasteiger charge is -2.32. The number of amides is 1. The van der Waals surface area contributed by atoms with Crippen LogP contribution >= 0.6 is 0 Å². The summed E-state index contributed by atoms with van der Waals surface area (Å²) in [7, 11) is 0. The molecule has 0 bridgehead atoms. The number of carbonyl (C=O) groups is 1. The quantitative estimate of drug-likeness (QED) is 0.275. The Labute approximate surface area is 214 Å². The summed E-state index contributed by atoms with van der Waals surface area (Å²) in [5, 5.41) is 32.9. The van der Waals surface area contributed by atoms with Crippen molar-refractivity contribution in [1.29, 1.82) is 0 Å². The van der Waals surface area contributed by atoms with Crippen molar-refractivity contribution < 1.29 is 24.9 Å². The predicted octanol–water partition coefficient (Wildman–Crippen LogP) is 0.681. The number of hydrogen-bond donors (Lipinski definition) is 5. The smallest absolute Gasteiger partial charge is 0.252 e. The highest BCUT2D eigenvalue weighted by Gasteiger charge is 2.32. The first-order chi connectivity index (χ1) is 17.8. The fourth-order valence-corrected chi connectivity index (χ4v) is 4.46. The topological polar surface area (TPSA) is 169 Å². The molecule has 1 saturated carbocycles. The lowest BCUT2D eigenvalue weighted by molar-refractivity contribution is -0.147. The number of benzene rings is 1. The number of nitrogens with zero attached hydrogens (tertiary/aromatic N) is 4. The molecule has 11 nitrogen and oxygen atoms in total. The molecule has 0 spiro atoms. The molecular weight excluding hydrogens is 476 g/mol. The Morgan fingerprint density at radius 1 is 1.30 bits per heavy atom. The highest BCUT2D eigenvalue weighted by Crippen LogP contribution is 2.37.